The first-order valence-electron chi connectivity index (χ1n) is 8.42. The summed E-state index contributed by atoms with van der Waals surface area (Å²) in [7, 11) is 1.74. The summed E-state index contributed by atoms with van der Waals surface area (Å²) in [5, 5.41) is 10.4. The second-order valence-electron chi connectivity index (χ2n) is 5.98. The maximum Gasteiger partial charge on any atom is 0.191 e. The van der Waals surface area contributed by atoms with Crippen LogP contribution in [0, 0.1) is 6.92 Å². The molecule has 26 heavy (non-hydrogen) atoms. The zero-order valence-electron chi connectivity index (χ0n) is 15.0. The number of aryl methyl sites for hydroxylation is 1. The minimum Gasteiger partial charge on any atom is -0.488 e. The molecule has 1 atom stereocenters. The first-order chi connectivity index (χ1) is 12.2. The van der Waals surface area contributed by atoms with Gasteiger partial charge in [0, 0.05) is 31.6 Å². The van der Waals surface area contributed by atoms with Gasteiger partial charge in [0.05, 0.1) is 19.8 Å². The molecule has 2 aromatic rings. The number of guanidine groups is 1. The van der Waals surface area contributed by atoms with Crippen molar-refractivity contribution in [2.75, 3.05) is 20.3 Å². The highest BCUT2D eigenvalue weighted by Gasteiger charge is 2.18. The van der Waals surface area contributed by atoms with Crippen molar-refractivity contribution in [1.82, 2.24) is 15.8 Å². The Labute approximate surface area is 170 Å². The highest BCUT2D eigenvalue weighted by atomic mass is 127. The molecule has 0 bridgehead atoms. The Morgan fingerprint density at radius 2 is 2.15 bits per heavy atom. The van der Waals surface area contributed by atoms with Crippen LogP contribution in [0.15, 0.2) is 40.0 Å². The van der Waals surface area contributed by atoms with Gasteiger partial charge in [-0.15, -0.1) is 24.0 Å². The molecular formula is C18H25IN4O3. The third-order valence-electron chi connectivity index (χ3n) is 4.00. The minimum atomic E-state index is 0. The number of hydrogen-bond donors (Lipinski definition) is 2. The Morgan fingerprint density at radius 1 is 1.31 bits per heavy atom. The quantitative estimate of drug-likeness (QED) is 0.383. The van der Waals surface area contributed by atoms with E-state index in [1.807, 2.05) is 6.07 Å². The maximum absolute atomic E-state index is 6.12. The van der Waals surface area contributed by atoms with Gasteiger partial charge in [0.2, 0.25) is 0 Å². The smallest absolute Gasteiger partial charge is 0.191 e. The van der Waals surface area contributed by atoms with Gasteiger partial charge in [0.15, 0.2) is 5.96 Å². The molecular weight excluding hydrogens is 447 g/mol. The summed E-state index contributed by atoms with van der Waals surface area (Å²) in [6.07, 6.45) is 2.61. The van der Waals surface area contributed by atoms with Crippen LogP contribution < -0.4 is 15.4 Å². The summed E-state index contributed by atoms with van der Waals surface area (Å²) in [4.78, 5) is 4.23. The fourth-order valence-corrected chi connectivity index (χ4v) is 2.61. The molecule has 0 amide bonds. The number of nitrogens with zero attached hydrogens (tertiary/aromatic N) is 2. The molecule has 142 valence electrons. The van der Waals surface area contributed by atoms with Crippen LogP contribution in [0.2, 0.25) is 0 Å². The number of nitrogens with one attached hydrogen (secondary N) is 2. The first kappa shape index (κ1) is 20.5. The lowest BCUT2D eigenvalue weighted by Crippen LogP contribution is -2.36. The summed E-state index contributed by atoms with van der Waals surface area (Å²) in [5.41, 5.74) is 3.08. The van der Waals surface area contributed by atoms with Crippen molar-refractivity contribution in [3.8, 4) is 5.75 Å². The standard InChI is InChI=1S/C18H24N4O3.HI/c1-13-3-4-14(17(9-13)25-16-6-7-23-12-16)10-20-18(19-2)21-11-15-5-8-24-22-15;/h3-5,8-9,16H,6-7,10-12H2,1-2H3,(H2,19,20,21);1H. The Kier molecular flexibility index (Phi) is 8.17. The number of benzene rings is 1. The fraction of sp³-hybridized carbons (Fsp3) is 0.444. The van der Waals surface area contributed by atoms with Crippen LogP contribution in [-0.2, 0) is 17.8 Å². The van der Waals surface area contributed by atoms with Gasteiger partial charge in [-0.2, -0.15) is 0 Å². The molecule has 0 saturated carbocycles. The van der Waals surface area contributed by atoms with Crippen LogP contribution in [0.5, 0.6) is 5.75 Å². The number of ether oxygens (including phenoxy) is 2. The molecule has 1 aliphatic heterocycles. The van der Waals surface area contributed by atoms with E-state index in [4.69, 9.17) is 14.0 Å². The van der Waals surface area contributed by atoms with Crippen molar-refractivity contribution in [3.63, 3.8) is 0 Å². The molecule has 1 saturated heterocycles. The van der Waals surface area contributed by atoms with Gasteiger partial charge in [-0.1, -0.05) is 17.3 Å². The van der Waals surface area contributed by atoms with Crippen molar-refractivity contribution in [3.05, 3.63) is 47.3 Å². The predicted octanol–water partition coefficient (Wildman–Crippen LogP) is 2.63. The highest BCUT2D eigenvalue weighted by molar-refractivity contribution is 14.0. The second-order valence-corrected chi connectivity index (χ2v) is 5.98. The molecule has 8 heteroatoms. The van der Waals surface area contributed by atoms with Crippen molar-refractivity contribution >= 4 is 29.9 Å². The van der Waals surface area contributed by atoms with Gasteiger partial charge in [-0.3, -0.25) is 4.99 Å². The van der Waals surface area contributed by atoms with Crippen molar-refractivity contribution in [2.24, 2.45) is 4.99 Å². The molecule has 1 aliphatic rings. The zero-order valence-corrected chi connectivity index (χ0v) is 17.4. The third kappa shape index (κ3) is 5.87. The maximum atomic E-state index is 6.12. The van der Waals surface area contributed by atoms with Crippen molar-refractivity contribution in [2.45, 2.75) is 32.5 Å². The summed E-state index contributed by atoms with van der Waals surface area (Å²) < 4.78 is 16.3. The van der Waals surface area contributed by atoms with Gasteiger partial charge in [-0.05, 0) is 18.6 Å². The van der Waals surface area contributed by atoms with Gasteiger partial charge >= 0.3 is 0 Å². The van der Waals surface area contributed by atoms with E-state index in [9.17, 15) is 0 Å². The SMILES string of the molecule is CN=C(NCc1ccon1)NCc1ccc(C)cc1OC1CCOC1.I. The summed E-state index contributed by atoms with van der Waals surface area (Å²) in [6.45, 7) is 4.65. The molecule has 1 aromatic heterocycles. The van der Waals surface area contributed by atoms with Crippen LogP contribution in [-0.4, -0.2) is 37.5 Å². The number of rotatable bonds is 6. The largest absolute Gasteiger partial charge is 0.488 e. The molecule has 7 nitrogen and oxygen atoms in total. The predicted molar refractivity (Wildman–Crippen MR) is 110 cm³/mol. The fourth-order valence-electron chi connectivity index (χ4n) is 2.61. The number of aliphatic imine (C=N–C) groups is 1. The Morgan fingerprint density at radius 3 is 2.85 bits per heavy atom. The van der Waals surface area contributed by atoms with E-state index in [1.165, 1.54) is 5.56 Å². The number of hydrogen-bond acceptors (Lipinski definition) is 5. The normalized spacial score (nSPS) is 16.8. The molecule has 1 fully saturated rings. The van der Waals surface area contributed by atoms with Crippen LogP contribution in [0.4, 0.5) is 0 Å². The Hall–Kier alpha value is -1.81. The first-order valence-corrected chi connectivity index (χ1v) is 8.42. The van der Waals surface area contributed by atoms with Crippen molar-refractivity contribution < 1.29 is 14.0 Å². The number of aromatic nitrogens is 1. The molecule has 2 N–H and O–H groups in total. The van der Waals surface area contributed by atoms with Gasteiger partial charge in [0.25, 0.3) is 0 Å². The monoisotopic (exact) mass is 472 g/mol. The van der Waals surface area contributed by atoms with Gasteiger partial charge < -0.3 is 24.6 Å². The van der Waals surface area contributed by atoms with E-state index in [1.54, 1.807) is 13.3 Å². The van der Waals surface area contributed by atoms with E-state index in [0.29, 0.717) is 25.7 Å². The second kappa shape index (κ2) is 10.4. The van der Waals surface area contributed by atoms with Gasteiger partial charge in [0.1, 0.15) is 23.8 Å². The average molecular weight is 472 g/mol. The van der Waals surface area contributed by atoms with Crippen LogP contribution in [0.25, 0.3) is 0 Å². The average Bonchev–Trinajstić information content (AvgIpc) is 3.30. The molecule has 1 unspecified atom stereocenters. The molecule has 1 aromatic carbocycles. The summed E-state index contributed by atoms with van der Waals surface area (Å²) in [5.74, 6) is 1.59. The minimum absolute atomic E-state index is 0. The zero-order chi connectivity index (χ0) is 17.5. The molecule has 3 rings (SSSR count). The lowest BCUT2D eigenvalue weighted by molar-refractivity contribution is 0.140. The van der Waals surface area contributed by atoms with E-state index in [0.717, 1.165) is 30.0 Å². The number of halogens is 1. The third-order valence-corrected chi connectivity index (χ3v) is 4.00. The highest BCUT2D eigenvalue weighted by Crippen LogP contribution is 2.23. The summed E-state index contributed by atoms with van der Waals surface area (Å²) in [6, 6.07) is 8.05. The van der Waals surface area contributed by atoms with E-state index in [2.05, 4.69) is 45.9 Å². The lowest BCUT2D eigenvalue weighted by atomic mass is 10.1. The molecule has 0 radical (unpaired) electrons. The Bertz CT molecular complexity index is 700. The molecule has 0 aliphatic carbocycles. The van der Waals surface area contributed by atoms with Crippen molar-refractivity contribution in [1.29, 1.82) is 0 Å². The van der Waals surface area contributed by atoms with Gasteiger partial charge in [-0.25, -0.2) is 0 Å². The van der Waals surface area contributed by atoms with E-state index in [-0.39, 0.29) is 30.1 Å². The molecule has 0 spiro atoms. The van der Waals surface area contributed by atoms with Crippen LogP contribution in [0.1, 0.15) is 23.2 Å². The Balaban J connectivity index is 0.00000243. The topological polar surface area (TPSA) is 80.9 Å². The summed E-state index contributed by atoms with van der Waals surface area (Å²) >= 11 is 0. The van der Waals surface area contributed by atoms with E-state index >= 15 is 0 Å². The van der Waals surface area contributed by atoms with Crippen LogP contribution in [0.3, 0.4) is 0 Å². The molecule has 2 heterocycles. The lowest BCUT2D eigenvalue weighted by Gasteiger charge is -2.18. The van der Waals surface area contributed by atoms with Crippen LogP contribution >= 0.6 is 24.0 Å². The van der Waals surface area contributed by atoms with E-state index < -0.39 is 0 Å².